The second-order valence-electron chi connectivity index (χ2n) is 3.54. The topological polar surface area (TPSA) is 47.6 Å². The summed E-state index contributed by atoms with van der Waals surface area (Å²) in [5.74, 6) is -2.90. The molecule has 0 aliphatic carbocycles. The largest absolute Gasteiger partial charge is 0.481 e. The summed E-state index contributed by atoms with van der Waals surface area (Å²) in [6.07, 6.45) is 0. The molecular weight excluding hydrogens is 324 g/mol. The number of ether oxygens (including phenoxy) is 2. The number of carbonyl (C=O) groups excluding carboxylic acids is 1. The molecule has 1 amide bonds. The van der Waals surface area contributed by atoms with E-state index < -0.39 is 17.5 Å². The van der Waals surface area contributed by atoms with E-state index >= 15 is 0 Å². The number of benzene rings is 1. The van der Waals surface area contributed by atoms with Crippen molar-refractivity contribution in [2.75, 3.05) is 26.4 Å². The van der Waals surface area contributed by atoms with E-state index in [0.29, 0.717) is 24.2 Å². The summed E-state index contributed by atoms with van der Waals surface area (Å²) < 4.78 is 36.6. The zero-order chi connectivity index (χ0) is 14.3. The minimum absolute atomic E-state index is 0.313. The minimum Gasteiger partial charge on any atom is -0.481 e. The number of nitrogens with one attached hydrogen (secondary N) is 1. The van der Waals surface area contributed by atoms with E-state index in [4.69, 9.17) is 9.47 Å². The first kappa shape index (κ1) is 15.8. The van der Waals surface area contributed by atoms with Crippen molar-refractivity contribution in [2.45, 2.75) is 6.92 Å². The van der Waals surface area contributed by atoms with Gasteiger partial charge in [0.15, 0.2) is 18.2 Å². The Kier molecular flexibility index (Phi) is 6.72. The Balaban J connectivity index is 2.42. The molecule has 0 spiro atoms. The lowest BCUT2D eigenvalue weighted by atomic mass is 10.3. The van der Waals surface area contributed by atoms with Crippen LogP contribution in [-0.2, 0) is 9.53 Å². The fourth-order valence-corrected chi connectivity index (χ4v) is 1.65. The van der Waals surface area contributed by atoms with E-state index in [1.807, 2.05) is 6.92 Å². The first-order chi connectivity index (χ1) is 9.04. The van der Waals surface area contributed by atoms with Crippen molar-refractivity contribution in [1.29, 1.82) is 0 Å². The molecule has 7 heteroatoms. The van der Waals surface area contributed by atoms with E-state index in [2.05, 4.69) is 21.2 Å². The summed E-state index contributed by atoms with van der Waals surface area (Å²) >= 11 is 3.01. The molecule has 19 heavy (non-hydrogen) atoms. The Bertz CT molecular complexity index is 443. The van der Waals surface area contributed by atoms with Crippen LogP contribution in [0.3, 0.4) is 0 Å². The lowest BCUT2D eigenvalue weighted by Crippen LogP contribution is -2.31. The van der Waals surface area contributed by atoms with Crippen LogP contribution in [0.4, 0.5) is 8.78 Å². The molecule has 1 aromatic rings. The Labute approximate surface area is 118 Å². The second kappa shape index (κ2) is 8.06. The smallest absolute Gasteiger partial charge is 0.258 e. The van der Waals surface area contributed by atoms with Crippen molar-refractivity contribution in [2.24, 2.45) is 0 Å². The highest BCUT2D eigenvalue weighted by atomic mass is 79.9. The number of carbonyl (C=O) groups is 1. The SMILES string of the molecule is CCOCCNC(=O)COc1cc(Br)cc(F)c1F. The Morgan fingerprint density at radius 3 is 2.84 bits per heavy atom. The average molecular weight is 338 g/mol. The third kappa shape index (κ3) is 5.52. The molecule has 106 valence electrons. The van der Waals surface area contributed by atoms with E-state index in [1.165, 1.54) is 6.07 Å². The van der Waals surface area contributed by atoms with Gasteiger partial charge in [0.2, 0.25) is 5.82 Å². The van der Waals surface area contributed by atoms with Gasteiger partial charge < -0.3 is 14.8 Å². The molecule has 0 bridgehead atoms. The van der Waals surface area contributed by atoms with Gasteiger partial charge in [-0.2, -0.15) is 4.39 Å². The normalized spacial score (nSPS) is 10.3. The molecule has 0 atom stereocenters. The fourth-order valence-electron chi connectivity index (χ4n) is 1.24. The zero-order valence-electron chi connectivity index (χ0n) is 10.3. The summed E-state index contributed by atoms with van der Waals surface area (Å²) in [5, 5.41) is 2.52. The standard InChI is InChI=1S/C12H14BrF2NO3/c1-2-18-4-3-16-11(17)7-19-10-6-8(13)5-9(14)12(10)15/h5-6H,2-4,7H2,1H3,(H,16,17). The third-order valence-corrected chi connectivity index (χ3v) is 2.55. The summed E-state index contributed by atoms with van der Waals surface area (Å²) in [4.78, 5) is 11.3. The molecule has 1 N–H and O–H groups in total. The van der Waals surface area contributed by atoms with Crippen LogP contribution >= 0.6 is 15.9 Å². The molecule has 4 nitrogen and oxygen atoms in total. The van der Waals surface area contributed by atoms with Crippen LogP contribution in [0.1, 0.15) is 6.92 Å². The van der Waals surface area contributed by atoms with Gasteiger partial charge in [0.1, 0.15) is 0 Å². The number of rotatable bonds is 7. The van der Waals surface area contributed by atoms with Crippen LogP contribution in [0.5, 0.6) is 5.75 Å². The summed E-state index contributed by atoms with van der Waals surface area (Å²) in [6, 6.07) is 2.23. The van der Waals surface area contributed by atoms with E-state index in [9.17, 15) is 13.6 Å². The lowest BCUT2D eigenvalue weighted by molar-refractivity contribution is -0.123. The van der Waals surface area contributed by atoms with Gasteiger partial charge in [0, 0.05) is 17.6 Å². The van der Waals surface area contributed by atoms with Crippen molar-refractivity contribution in [3.05, 3.63) is 28.2 Å². The third-order valence-electron chi connectivity index (χ3n) is 2.09. The first-order valence-electron chi connectivity index (χ1n) is 5.66. The Hall–Kier alpha value is -1.21. The van der Waals surface area contributed by atoms with Gasteiger partial charge >= 0.3 is 0 Å². The molecule has 0 aromatic heterocycles. The maximum Gasteiger partial charge on any atom is 0.258 e. The average Bonchev–Trinajstić information content (AvgIpc) is 2.37. The van der Waals surface area contributed by atoms with E-state index in [1.54, 1.807) is 0 Å². The van der Waals surface area contributed by atoms with E-state index in [0.717, 1.165) is 6.07 Å². The van der Waals surface area contributed by atoms with Gasteiger partial charge in [-0.05, 0) is 19.1 Å². The number of hydrogen-bond acceptors (Lipinski definition) is 3. The Morgan fingerprint density at radius 2 is 2.16 bits per heavy atom. The molecule has 0 unspecified atom stereocenters. The van der Waals surface area contributed by atoms with Gasteiger partial charge in [-0.15, -0.1) is 0 Å². The van der Waals surface area contributed by atoms with Crippen LogP contribution in [0.15, 0.2) is 16.6 Å². The zero-order valence-corrected chi connectivity index (χ0v) is 11.9. The van der Waals surface area contributed by atoms with Crippen LogP contribution in [0.25, 0.3) is 0 Å². The number of hydrogen-bond donors (Lipinski definition) is 1. The van der Waals surface area contributed by atoms with Crippen LogP contribution in [0.2, 0.25) is 0 Å². The molecule has 0 aliphatic heterocycles. The molecule has 1 aromatic carbocycles. The van der Waals surface area contributed by atoms with Crippen molar-refractivity contribution >= 4 is 21.8 Å². The second-order valence-corrected chi connectivity index (χ2v) is 4.45. The quantitative estimate of drug-likeness (QED) is 0.613. The monoisotopic (exact) mass is 337 g/mol. The molecule has 1 rings (SSSR count). The maximum absolute atomic E-state index is 13.3. The van der Waals surface area contributed by atoms with Crippen LogP contribution in [0, 0.1) is 11.6 Å². The molecule has 0 radical (unpaired) electrons. The molecule has 0 aliphatic rings. The maximum atomic E-state index is 13.3. The number of amides is 1. The van der Waals surface area contributed by atoms with Gasteiger partial charge in [-0.3, -0.25) is 4.79 Å². The summed E-state index contributed by atoms with van der Waals surface area (Å²) in [6.45, 7) is 2.75. The van der Waals surface area contributed by atoms with Crippen molar-refractivity contribution < 1.29 is 23.0 Å². The van der Waals surface area contributed by atoms with Gasteiger partial charge in [-0.25, -0.2) is 4.39 Å². The van der Waals surface area contributed by atoms with E-state index in [-0.39, 0.29) is 12.4 Å². The van der Waals surface area contributed by atoms with Crippen molar-refractivity contribution in [1.82, 2.24) is 5.32 Å². The highest BCUT2D eigenvalue weighted by Crippen LogP contribution is 2.25. The minimum atomic E-state index is -1.12. The Morgan fingerprint density at radius 1 is 1.42 bits per heavy atom. The molecule has 0 saturated heterocycles. The van der Waals surface area contributed by atoms with Gasteiger partial charge in [-0.1, -0.05) is 15.9 Å². The molecule has 0 saturated carbocycles. The predicted molar refractivity (Wildman–Crippen MR) is 69.1 cm³/mol. The first-order valence-corrected chi connectivity index (χ1v) is 6.45. The summed E-state index contributed by atoms with van der Waals surface area (Å²) in [5.41, 5.74) is 0. The van der Waals surface area contributed by atoms with Crippen LogP contribution in [-0.4, -0.2) is 32.3 Å². The lowest BCUT2D eigenvalue weighted by Gasteiger charge is -2.09. The van der Waals surface area contributed by atoms with Crippen molar-refractivity contribution in [3.63, 3.8) is 0 Å². The highest BCUT2D eigenvalue weighted by molar-refractivity contribution is 9.10. The van der Waals surface area contributed by atoms with Gasteiger partial charge in [0.25, 0.3) is 5.91 Å². The molecule has 0 heterocycles. The highest BCUT2D eigenvalue weighted by Gasteiger charge is 2.12. The van der Waals surface area contributed by atoms with Crippen LogP contribution < -0.4 is 10.1 Å². The van der Waals surface area contributed by atoms with Gasteiger partial charge in [0.05, 0.1) is 6.61 Å². The summed E-state index contributed by atoms with van der Waals surface area (Å²) in [7, 11) is 0. The number of halogens is 3. The molecule has 0 fully saturated rings. The molecular formula is C12H14BrF2NO3. The predicted octanol–water partition coefficient (Wildman–Crippen LogP) is 2.26. The van der Waals surface area contributed by atoms with Crippen molar-refractivity contribution in [3.8, 4) is 5.75 Å². The fraction of sp³-hybridized carbons (Fsp3) is 0.417.